The zero-order valence-corrected chi connectivity index (χ0v) is 26.5. The molecule has 2 aromatic rings. The Labute approximate surface area is 239 Å². The molecule has 0 saturated heterocycles. The van der Waals surface area contributed by atoms with Gasteiger partial charge in [-0.2, -0.15) is 13.2 Å². The number of allylic oxidation sites excluding steroid dienone is 2. The molecule has 0 bridgehead atoms. The van der Waals surface area contributed by atoms with E-state index in [2.05, 4.69) is 73.7 Å². The van der Waals surface area contributed by atoms with E-state index < -0.39 is 26.2 Å². The predicted octanol–water partition coefficient (Wildman–Crippen LogP) is 9.77. The average Bonchev–Trinajstić information content (AvgIpc) is 3.35. The first-order chi connectivity index (χ1) is 18.3. The molecule has 0 radical (unpaired) electrons. The van der Waals surface area contributed by atoms with Gasteiger partial charge in [0.15, 0.2) is 8.32 Å². The summed E-state index contributed by atoms with van der Waals surface area (Å²) in [4.78, 5) is 5.26. The lowest BCUT2D eigenvalue weighted by Crippen LogP contribution is -2.44. The van der Waals surface area contributed by atoms with Crippen LogP contribution in [0.2, 0.25) is 18.1 Å². The number of aliphatic hydroxyl groups excluding tert-OH is 1. The van der Waals surface area contributed by atoms with E-state index in [1.165, 1.54) is 12.1 Å². The van der Waals surface area contributed by atoms with Crippen molar-refractivity contribution in [3.05, 3.63) is 75.6 Å². The first-order valence-corrected chi connectivity index (χ1v) is 17.5. The standard InChI is InChI=1S/C33H46F3NO2Si/c1-20(2)29-28(30(38)22-14-16-23(17-15-22)33(34,35)36)26(21-12-10-11-13-21)27-24(37-29)18-32(6,7)19-25(27)39-40(8,9)31(3,4)5/h10,12,14-17,20-21,25,30,38H,11,13,18-19H2,1-9H3/t21?,25?,30-/m0/s1. The molecule has 1 aromatic heterocycles. The van der Waals surface area contributed by atoms with Gasteiger partial charge >= 0.3 is 6.18 Å². The van der Waals surface area contributed by atoms with E-state index in [1.807, 2.05) is 0 Å². The molecule has 220 valence electrons. The van der Waals surface area contributed by atoms with Crippen molar-refractivity contribution in [3.63, 3.8) is 0 Å². The van der Waals surface area contributed by atoms with Gasteiger partial charge in [0.25, 0.3) is 0 Å². The Balaban J connectivity index is 1.98. The molecule has 3 nitrogen and oxygen atoms in total. The summed E-state index contributed by atoms with van der Waals surface area (Å²) in [5, 5.41) is 12.0. The van der Waals surface area contributed by atoms with Gasteiger partial charge in [-0.25, -0.2) is 0 Å². The zero-order valence-electron chi connectivity index (χ0n) is 25.5. The largest absolute Gasteiger partial charge is 0.416 e. The van der Waals surface area contributed by atoms with Crippen molar-refractivity contribution in [1.82, 2.24) is 4.98 Å². The van der Waals surface area contributed by atoms with E-state index >= 15 is 0 Å². The van der Waals surface area contributed by atoms with Gasteiger partial charge in [-0.1, -0.05) is 72.8 Å². The fourth-order valence-electron chi connectivity index (χ4n) is 5.98. The normalized spacial score (nSPS) is 22.1. The summed E-state index contributed by atoms with van der Waals surface area (Å²) < 4.78 is 47.1. The Morgan fingerprint density at radius 3 is 2.17 bits per heavy atom. The van der Waals surface area contributed by atoms with Crippen LogP contribution in [0.5, 0.6) is 0 Å². The topological polar surface area (TPSA) is 42.4 Å². The summed E-state index contributed by atoms with van der Waals surface area (Å²) in [6.07, 6.45) is 2.30. The van der Waals surface area contributed by atoms with E-state index in [-0.39, 0.29) is 28.4 Å². The first kappa shape index (κ1) is 31.0. The predicted molar refractivity (Wildman–Crippen MR) is 158 cm³/mol. The number of aliphatic hydroxyl groups is 1. The fourth-order valence-corrected chi connectivity index (χ4v) is 7.25. The molecular weight excluding hydrogens is 527 g/mol. The number of halogens is 3. The lowest BCUT2D eigenvalue weighted by Gasteiger charge is -2.45. The molecule has 2 aliphatic carbocycles. The van der Waals surface area contributed by atoms with Crippen molar-refractivity contribution < 1.29 is 22.7 Å². The second-order valence-electron chi connectivity index (χ2n) is 14.4. The van der Waals surface area contributed by atoms with Gasteiger partial charge in [0, 0.05) is 28.4 Å². The Kier molecular flexibility index (Phi) is 8.29. The van der Waals surface area contributed by atoms with Crippen molar-refractivity contribution >= 4 is 8.32 Å². The summed E-state index contributed by atoms with van der Waals surface area (Å²) in [6.45, 7) is 20.0. The number of alkyl halides is 3. The highest BCUT2D eigenvalue weighted by atomic mass is 28.4. The highest BCUT2D eigenvalue weighted by molar-refractivity contribution is 6.74. The highest BCUT2D eigenvalue weighted by Crippen LogP contribution is 2.52. The van der Waals surface area contributed by atoms with E-state index in [0.717, 1.165) is 65.9 Å². The Hall–Kier alpha value is -1.96. The number of pyridine rings is 1. The summed E-state index contributed by atoms with van der Waals surface area (Å²) in [6, 6.07) is 4.91. The lowest BCUT2D eigenvalue weighted by atomic mass is 9.70. The number of hydrogen-bond acceptors (Lipinski definition) is 3. The van der Waals surface area contributed by atoms with E-state index in [1.54, 1.807) is 0 Å². The second-order valence-corrected chi connectivity index (χ2v) is 19.1. The van der Waals surface area contributed by atoms with Gasteiger partial charge in [-0.3, -0.25) is 4.98 Å². The minimum absolute atomic E-state index is 0.00236. The van der Waals surface area contributed by atoms with Crippen molar-refractivity contribution in [3.8, 4) is 0 Å². The SMILES string of the molecule is CC(C)c1nc2c(c(C3C=CCC3)c1[C@@H](O)c1ccc(C(F)(F)F)cc1)C(O[Si](C)(C)C(C)(C)C)CC(C)(C)C2. The van der Waals surface area contributed by atoms with Crippen LogP contribution in [0.25, 0.3) is 0 Å². The third-order valence-electron chi connectivity index (χ3n) is 9.13. The summed E-state index contributed by atoms with van der Waals surface area (Å²) in [5.74, 6) is 0.124. The molecule has 0 saturated carbocycles. The maximum atomic E-state index is 13.3. The highest BCUT2D eigenvalue weighted by Gasteiger charge is 2.45. The fraction of sp³-hybridized carbons (Fsp3) is 0.606. The lowest BCUT2D eigenvalue weighted by molar-refractivity contribution is -0.137. The van der Waals surface area contributed by atoms with Crippen molar-refractivity contribution in [1.29, 1.82) is 0 Å². The number of nitrogens with zero attached hydrogens (tertiary/aromatic N) is 1. The third kappa shape index (κ3) is 6.12. The maximum absolute atomic E-state index is 13.3. The first-order valence-electron chi connectivity index (χ1n) is 14.6. The summed E-state index contributed by atoms with van der Waals surface area (Å²) >= 11 is 0. The van der Waals surface area contributed by atoms with Crippen molar-refractivity contribution in [2.24, 2.45) is 5.41 Å². The second kappa shape index (κ2) is 10.7. The van der Waals surface area contributed by atoms with Gasteiger partial charge in [-0.15, -0.1) is 0 Å². The number of hydrogen-bond donors (Lipinski definition) is 1. The summed E-state index contributed by atoms with van der Waals surface area (Å²) in [5.41, 5.74) is 4.51. The Morgan fingerprint density at radius 2 is 1.68 bits per heavy atom. The van der Waals surface area contributed by atoms with Crippen LogP contribution in [-0.4, -0.2) is 18.4 Å². The van der Waals surface area contributed by atoms with E-state index in [9.17, 15) is 18.3 Å². The van der Waals surface area contributed by atoms with Crippen LogP contribution in [0, 0.1) is 5.41 Å². The van der Waals surface area contributed by atoms with Crippen LogP contribution < -0.4 is 0 Å². The van der Waals surface area contributed by atoms with Crippen LogP contribution in [0.3, 0.4) is 0 Å². The molecular formula is C33H46F3NO2Si. The van der Waals surface area contributed by atoms with Crippen LogP contribution in [0.15, 0.2) is 36.4 Å². The molecule has 0 aliphatic heterocycles. The van der Waals surface area contributed by atoms with Gasteiger partial charge in [-0.05, 0) is 78.4 Å². The van der Waals surface area contributed by atoms with Crippen molar-refractivity contribution in [2.75, 3.05) is 0 Å². The third-order valence-corrected chi connectivity index (χ3v) is 13.6. The van der Waals surface area contributed by atoms with Gasteiger partial charge in [0.05, 0.1) is 11.7 Å². The number of rotatable bonds is 6. The van der Waals surface area contributed by atoms with Gasteiger partial charge in [0.2, 0.25) is 0 Å². The molecule has 1 heterocycles. The summed E-state index contributed by atoms with van der Waals surface area (Å²) in [7, 11) is -2.17. The molecule has 7 heteroatoms. The number of benzene rings is 1. The van der Waals surface area contributed by atoms with Gasteiger partial charge < -0.3 is 9.53 Å². The zero-order chi connectivity index (χ0) is 29.8. The molecule has 4 rings (SSSR count). The van der Waals surface area contributed by atoms with Gasteiger partial charge in [0.1, 0.15) is 6.10 Å². The minimum atomic E-state index is -4.43. The number of aromatic nitrogens is 1. The molecule has 1 N–H and O–H groups in total. The van der Waals surface area contributed by atoms with E-state index in [0.29, 0.717) is 5.56 Å². The molecule has 2 aliphatic rings. The van der Waals surface area contributed by atoms with E-state index in [4.69, 9.17) is 9.41 Å². The maximum Gasteiger partial charge on any atom is 0.416 e. The quantitative estimate of drug-likeness (QED) is 0.276. The molecule has 0 fully saturated rings. The monoisotopic (exact) mass is 573 g/mol. The molecule has 0 amide bonds. The Morgan fingerprint density at radius 1 is 1.05 bits per heavy atom. The molecule has 2 unspecified atom stereocenters. The molecule has 3 atom stereocenters. The smallest absolute Gasteiger partial charge is 0.410 e. The van der Waals surface area contributed by atoms with Crippen LogP contribution >= 0.6 is 0 Å². The van der Waals surface area contributed by atoms with Crippen LogP contribution in [0.4, 0.5) is 13.2 Å². The molecule has 1 aromatic carbocycles. The minimum Gasteiger partial charge on any atom is -0.410 e. The van der Waals surface area contributed by atoms with Crippen LogP contribution in [0.1, 0.15) is 131 Å². The molecule has 40 heavy (non-hydrogen) atoms. The number of fused-ring (bicyclic) bond motifs is 1. The Bertz CT molecular complexity index is 1260. The average molecular weight is 574 g/mol. The van der Waals surface area contributed by atoms with Crippen molar-refractivity contribution in [2.45, 2.75) is 123 Å². The molecule has 0 spiro atoms. The van der Waals surface area contributed by atoms with Crippen LogP contribution in [-0.2, 0) is 17.0 Å².